The van der Waals surface area contributed by atoms with E-state index < -0.39 is 5.97 Å². The van der Waals surface area contributed by atoms with Gasteiger partial charge in [0.05, 0.1) is 5.76 Å². The van der Waals surface area contributed by atoms with Gasteiger partial charge in [0.2, 0.25) is 0 Å². The van der Waals surface area contributed by atoms with Crippen LogP contribution < -0.4 is 0 Å². The normalized spacial score (nSPS) is 9.55. The molecule has 11 heavy (non-hydrogen) atoms. The van der Waals surface area contributed by atoms with Crippen molar-refractivity contribution in [2.24, 2.45) is 0 Å². The van der Waals surface area contributed by atoms with Crippen molar-refractivity contribution in [3.05, 3.63) is 11.8 Å². The predicted octanol–water partition coefficient (Wildman–Crippen LogP) is 1.13. The van der Waals surface area contributed by atoms with Crippen LogP contribution in [0.4, 0.5) is 0 Å². The van der Waals surface area contributed by atoms with Crippen molar-refractivity contribution in [2.75, 3.05) is 0 Å². The zero-order chi connectivity index (χ0) is 9.44. The Hall–Kier alpha value is -1.32. The molecule has 0 unspecified atom stereocenters. The second-order valence-corrected chi connectivity index (χ2v) is 1.92. The molecule has 0 fully saturated rings. The number of aliphatic hydroxyl groups is 1. The number of ketones is 1. The molecule has 0 aliphatic rings. The van der Waals surface area contributed by atoms with Crippen LogP contribution in [0, 0.1) is 0 Å². The molecule has 0 saturated carbocycles. The van der Waals surface area contributed by atoms with E-state index in [4.69, 9.17) is 15.0 Å². The molecule has 0 rings (SSSR count). The summed E-state index contributed by atoms with van der Waals surface area (Å²) < 4.78 is 0. The van der Waals surface area contributed by atoms with Gasteiger partial charge in [-0.3, -0.25) is 9.59 Å². The number of carbonyl (C=O) groups excluding carboxylic acids is 1. The van der Waals surface area contributed by atoms with Crippen molar-refractivity contribution in [1.29, 1.82) is 0 Å². The first-order valence-corrected chi connectivity index (χ1v) is 2.93. The van der Waals surface area contributed by atoms with Crippen molar-refractivity contribution in [3.8, 4) is 0 Å². The van der Waals surface area contributed by atoms with Crippen molar-refractivity contribution < 1.29 is 19.8 Å². The number of hydrogen-bond acceptors (Lipinski definition) is 3. The summed E-state index contributed by atoms with van der Waals surface area (Å²) in [6, 6.07) is 0. The fourth-order valence-electron chi connectivity index (χ4n) is 0.294. The van der Waals surface area contributed by atoms with E-state index in [0.29, 0.717) is 0 Å². The third-order valence-corrected chi connectivity index (χ3v) is 0.412. The molecule has 4 heteroatoms. The van der Waals surface area contributed by atoms with E-state index in [2.05, 4.69) is 0 Å². The number of rotatable bonds is 1. The molecule has 0 spiro atoms. The number of aliphatic hydroxyl groups excluding tert-OH is 1. The highest BCUT2D eigenvalue weighted by molar-refractivity contribution is 5.87. The molecule has 0 bridgehead atoms. The third kappa shape index (κ3) is 53.9. The fraction of sp³-hybridized carbons (Fsp3) is 0.429. The molecule has 0 atom stereocenters. The van der Waals surface area contributed by atoms with Crippen LogP contribution in [0.1, 0.15) is 20.8 Å². The average Bonchev–Trinajstić information content (AvgIpc) is 1.56. The smallest absolute Gasteiger partial charge is 0.300 e. The van der Waals surface area contributed by atoms with E-state index in [-0.39, 0.29) is 11.5 Å². The van der Waals surface area contributed by atoms with Crippen LogP contribution in [0.5, 0.6) is 0 Å². The van der Waals surface area contributed by atoms with Crippen LogP contribution in [0.15, 0.2) is 11.8 Å². The lowest BCUT2D eigenvalue weighted by Crippen LogP contribution is -1.82. The van der Waals surface area contributed by atoms with Gasteiger partial charge in [0.15, 0.2) is 5.78 Å². The summed E-state index contributed by atoms with van der Waals surface area (Å²) in [5.74, 6) is -0.896. The first-order valence-electron chi connectivity index (χ1n) is 2.93. The lowest BCUT2D eigenvalue weighted by Gasteiger charge is -1.80. The lowest BCUT2D eigenvalue weighted by atomic mass is 10.4. The molecule has 0 aromatic heterocycles. The highest BCUT2D eigenvalue weighted by Gasteiger charge is 1.82. The van der Waals surface area contributed by atoms with Gasteiger partial charge >= 0.3 is 0 Å². The summed E-state index contributed by atoms with van der Waals surface area (Å²) in [5, 5.41) is 15.8. The Labute approximate surface area is 65.2 Å². The molecular formula is C7H12O4. The minimum Gasteiger partial charge on any atom is -0.512 e. The maximum absolute atomic E-state index is 10.0. The molecule has 0 aromatic rings. The number of carboxylic acids is 1. The monoisotopic (exact) mass is 160 g/mol. The van der Waals surface area contributed by atoms with Crippen LogP contribution >= 0.6 is 0 Å². The fourth-order valence-corrected chi connectivity index (χ4v) is 0.294. The van der Waals surface area contributed by atoms with E-state index >= 15 is 0 Å². The van der Waals surface area contributed by atoms with E-state index in [1.54, 1.807) is 0 Å². The number of hydrogen-bond donors (Lipinski definition) is 2. The minimum absolute atomic E-state index is 0.0625. The summed E-state index contributed by atoms with van der Waals surface area (Å²) in [6.45, 7) is 3.93. The topological polar surface area (TPSA) is 74.6 Å². The quantitative estimate of drug-likeness (QED) is 0.445. The highest BCUT2D eigenvalue weighted by atomic mass is 16.4. The molecule has 2 N–H and O–H groups in total. The molecule has 0 aliphatic heterocycles. The van der Waals surface area contributed by atoms with Crippen LogP contribution in [0.2, 0.25) is 0 Å². The van der Waals surface area contributed by atoms with Crippen molar-refractivity contribution in [1.82, 2.24) is 0 Å². The second kappa shape index (κ2) is 6.80. The van der Waals surface area contributed by atoms with Gasteiger partial charge in [-0.05, 0) is 13.8 Å². The van der Waals surface area contributed by atoms with Crippen LogP contribution in [-0.2, 0) is 9.59 Å². The second-order valence-electron chi connectivity index (χ2n) is 1.92. The lowest BCUT2D eigenvalue weighted by molar-refractivity contribution is -0.134. The van der Waals surface area contributed by atoms with Gasteiger partial charge in [0.25, 0.3) is 5.97 Å². The highest BCUT2D eigenvalue weighted by Crippen LogP contribution is 1.82. The van der Waals surface area contributed by atoms with Crippen molar-refractivity contribution >= 4 is 11.8 Å². The maximum Gasteiger partial charge on any atom is 0.300 e. The summed E-state index contributed by atoms with van der Waals surface area (Å²) >= 11 is 0. The summed E-state index contributed by atoms with van der Waals surface area (Å²) in [4.78, 5) is 19.0. The summed E-state index contributed by atoms with van der Waals surface area (Å²) in [6.07, 6.45) is 1.17. The van der Waals surface area contributed by atoms with Gasteiger partial charge in [-0.15, -0.1) is 0 Å². The SMILES string of the molecule is CC(=O)/C=C(/C)O.CC(=O)O. The molecule has 0 heterocycles. The van der Waals surface area contributed by atoms with Gasteiger partial charge in [-0.1, -0.05) is 0 Å². The van der Waals surface area contributed by atoms with E-state index in [9.17, 15) is 4.79 Å². The van der Waals surface area contributed by atoms with Gasteiger partial charge < -0.3 is 10.2 Å². The number of aliphatic carboxylic acids is 1. The Bertz CT molecular complexity index is 161. The first kappa shape index (κ1) is 12.4. The summed E-state index contributed by atoms with van der Waals surface area (Å²) in [5.41, 5.74) is 0. The minimum atomic E-state index is -0.833. The molecule has 64 valence electrons. The molecule has 0 aliphatic carbocycles. The predicted molar refractivity (Wildman–Crippen MR) is 40.4 cm³/mol. The van der Waals surface area contributed by atoms with Gasteiger partial charge in [-0.25, -0.2) is 0 Å². The maximum atomic E-state index is 10.0. The average molecular weight is 160 g/mol. The van der Waals surface area contributed by atoms with Crippen LogP contribution in [-0.4, -0.2) is 22.0 Å². The molecule has 0 aromatic carbocycles. The van der Waals surface area contributed by atoms with E-state index in [1.807, 2.05) is 0 Å². The molecule has 0 saturated heterocycles. The Morgan fingerprint density at radius 3 is 1.36 bits per heavy atom. The molecular weight excluding hydrogens is 148 g/mol. The number of carbonyl (C=O) groups is 2. The number of carboxylic acid groups (broad SMARTS) is 1. The summed E-state index contributed by atoms with van der Waals surface area (Å²) in [7, 11) is 0. The first-order chi connectivity index (χ1) is 4.86. The Kier molecular flexibility index (Phi) is 7.64. The van der Waals surface area contributed by atoms with Crippen molar-refractivity contribution in [3.63, 3.8) is 0 Å². The number of allylic oxidation sites excluding steroid dienone is 2. The van der Waals surface area contributed by atoms with E-state index in [0.717, 1.165) is 6.92 Å². The molecule has 0 amide bonds. The zero-order valence-electron chi connectivity index (χ0n) is 6.79. The Morgan fingerprint density at radius 1 is 1.09 bits per heavy atom. The van der Waals surface area contributed by atoms with Gasteiger partial charge in [-0.2, -0.15) is 0 Å². The Morgan fingerprint density at radius 2 is 1.36 bits per heavy atom. The van der Waals surface area contributed by atoms with Crippen LogP contribution in [0.3, 0.4) is 0 Å². The van der Waals surface area contributed by atoms with Crippen LogP contribution in [0.25, 0.3) is 0 Å². The van der Waals surface area contributed by atoms with Crippen molar-refractivity contribution in [2.45, 2.75) is 20.8 Å². The Balaban J connectivity index is 0. The van der Waals surface area contributed by atoms with Gasteiger partial charge in [0, 0.05) is 13.0 Å². The standard InChI is InChI=1S/C5H8O2.C2H4O2/c1-4(6)3-5(2)7;1-2(3)4/h3,6H,1-2H3;1H3,(H,3,4)/b4-3-;. The zero-order valence-corrected chi connectivity index (χ0v) is 6.79. The molecule has 0 radical (unpaired) electrons. The molecule has 4 nitrogen and oxygen atoms in total. The van der Waals surface area contributed by atoms with Gasteiger partial charge in [0.1, 0.15) is 0 Å². The van der Waals surface area contributed by atoms with E-state index in [1.165, 1.54) is 19.9 Å². The third-order valence-electron chi connectivity index (χ3n) is 0.412. The largest absolute Gasteiger partial charge is 0.512 e.